The van der Waals surface area contributed by atoms with Crippen LogP contribution in [0.5, 0.6) is 0 Å². The second-order valence-corrected chi connectivity index (χ2v) is 5.37. The van der Waals surface area contributed by atoms with Crippen molar-refractivity contribution >= 4 is 40.8 Å². The standard InChI is InChI=1S/C16H20N4.HI/c17-16(19-10-12-4-1-5-12)20-11-14-7-2-6-13-8-3-9-18-15(13)14;/h2-3,6-9,12H,1,4-5,10-11H2,(H3,17,19,20);1H. The van der Waals surface area contributed by atoms with Crippen molar-refractivity contribution in [1.82, 2.24) is 10.3 Å². The Morgan fingerprint density at radius 2 is 2.10 bits per heavy atom. The minimum absolute atomic E-state index is 0. The summed E-state index contributed by atoms with van der Waals surface area (Å²) in [6.45, 7) is 1.51. The molecule has 2 aromatic rings. The Morgan fingerprint density at radius 3 is 2.86 bits per heavy atom. The normalized spacial score (nSPS) is 15.3. The molecule has 0 radical (unpaired) electrons. The highest BCUT2D eigenvalue weighted by molar-refractivity contribution is 14.0. The molecule has 0 atom stereocenters. The van der Waals surface area contributed by atoms with Gasteiger partial charge in [0.05, 0.1) is 12.1 Å². The maximum atomic E-state index is 5.91. The lowest BCUT2D eigenvalue weighted by atomic mass is 9.85. The number of nitrogens with one attached hydrogen (secondary N) is 1. The Morgan fingerprint density at radius 1 is 1.29 bits per heavy atom. The summed E-state index contributed by atoms with van der Waals surface area (Å²) in [5.74, 6) is 1.31. The summed E-state index contributed by atoms with van der Waals surface area (Å²) in [5.41, 5.74) is 8.02. The van der Waals surface area contributed by atoms with Crippen molar-refractivity contribution in [3.8, 4) is 0 Å². The number of hydrogen-bond acceptors (Lipinski definition) is 2. The maximum absolute atomic E-state index is 5.91. The number of aliphatic imine (C=N–C) groups is 1. The number of fused-ring (bicyclic) bond motifs is 1. The van der Waals surface area contributed by atoms with E-state index < -0.39 is 0 Å². The zero-order chi connectivity index (χ0) is 13.8. The van der Waals surface area contributed by atoms with Gasteiger partial charge in [0, 0.05) is 18.1 Å². The Labute approximate surface area is 142 Å². The zero-order valence-corrected chi connectivity index (χ0v) is 14.3. The zero-order valence-electron chi connectivity index (χ0n) is 12.0. The highest BCUT2D eigenvalue weighted by atomic mass is 127. The molecule has 1 aromatic heterocycles. The van der Waals surface area contributed by atoms with Crippen LogP contribution in [0.1, 0.15) is 24.8 Å². The van der Waals surface area contributed by atoms with Crippen LogP contribution in [-0.2, 0) is 6.54 Å². The first-order valence-electron chi connectivity index (χ1n) is 7.19. The highest BCUT2D eigenvalue weighted by Crippen LogP contribution is 2.25. The molecule has 0 saturated heterocycles. The summed E-state index contributed by atoms with van der Waals surface area (Å²) in [6.07, 6.45) is 5.79. The number of aromatic nitrogens is 1. The van der Waals surface area contributed by atoms with E-state index in [2.05, 4.69) is 33.5 Å². The molecule has 21 heavy (non-hydrogen) atoms. The van der Waals surface area contributed by atoms with Crippen LogP contribution in [0.2, 0.25) is 0 Å². The third kappa shape index (κ3) is 4.06. The van der Waals surface area contributed by atoms with E-state index in [0.717, 1.165) is 28.9 Å². The topological polar surface area (TPSA) is 63.3 Å². The fraction of sp³-hybridized carbons (Fsp3) is 0.375. The minimum Gasteiger partial charge on any atom is -0.370 e. The second-order valence-electron chi connectivity index (χ2n) is 5.37. The smallest absolute Gasteiger partial charge is 0.188 e. The number of nitrogens with two attached hydrogens (primary N) is 1. The van der Waals surface area contributed by atoms with Gasteiger partial charge in [0.1, 0.15) is 0 Å². The third-order valence-corrected chi connectivity index (χ3v) is 3.93. The Bertz CT molecular complexity index is 617. The van der Waals surface area contributed by atoms with E-state index in [1.165, 1.54) is 19.3 Å². The number of halogens is 1. The number of rotatable bonds is 4. The average Bonchev–Trinajstić information content (AvgIpc) is 2.43. The Kier molecular flexibility index (Phi) is 5.78. The van der Waals surface area contributed by atoms with Crippen LogP contribution in [-0.4, -0.2) is 17.5 Å². The van der Waals surface area contributed by atoms with E-state index in [1.54, 1.807) is 0 Å². The molecule has 0 bridgehead atoms. The Balaban J connectivity index is 0.00000161. The van der Waals surface area contributed by atoms with Gasteiger partial charge in [0.15, 0.2) is 5.96 Å². The number of para-hydroxylation sites is 1. The average molecular weight is 396 g/mol. The van der Waals surface area contributed by atoms with Gasteiger partial charge in [-0.15, -0.1) is 24.0 Å². The molecule has 1 saturated carbocycles. The van der Waals surface area contributed by atoms with Crippen LogP contribution in [0.25, 0.3) is 10.9 Å². The first-order valence-corrected chi connectivity index (χ1v) is 7.19. The molecule has 3 N–H and O–H groups in total. The molecule has 3 rings (SSSR count). The van der Waals surface area contributed by atoms with Gasteiger partial charge in [0.2, 0.25) is 0 Å². The fourth-order valence-corrected chi connectivity index (χ4v) is 2.47. The molecule has 1 fully saturated rings. The molecule has 5 heteroatoms. The third-order valence-electron chi connectivity index (χ3n) is 3.93. The van der Waals surface area contributed by atoms with E-state index in [9.17, 15) is 0 Å². The summed E-state index contributed by atoms with van der Waals surface area (Å²) < 4.78 is 0. The highest BCUT2D eigenvalue weighted by Gasteiger charge is 2.16. The van der Waals surface area contributed by atoms with E-state index in [-0.39, 0.29) is 24.0 Å². The van der Waals surface area contributed by atoms with Gasteiger partial charge in [-0.3, -0.25) is 4.98 Å². The van der Waals surface area contributed by atoms with Crippen LogP contribution in [0, 0.1) is 5.92 Å². The van der Waals surface area contributed by atoms with Crippen LogP contribution in [0.4, 0.5) is 0 Å². The van der Waals surface area contributed by atoms with Gasteiger partial charge in [0.25, 0.3) is 0 Å². The van der Waals surface area contributed by atoms with Crippen LogP contribution in [0.15, 0.2) is 41.5 Å². The lowest BCUT2D eigenvalue weighted by Crippen LogP contribution is -2.37. The first kappa shape index (κ1) is 16.0. The lowest BCUT2D eigenvalue weighted by molar-refractivity contribution is 0.315. The molecule has 1 aliphatic rings. The summed E-state index contributed by atoms with van der Waals surface area (Å²) in [7, 11) is 0. The molecule has 112 valence electrons. The van der Waals surface area contributed by atoms with Crippen molar-refractivity contribution in [3.63, 3.8) is 0 Å². The lowest BCUT2D eigenvalue weighted by Gasteiger charge is -2.25. The van der Waals surface area contributed by atoms with Crippen molar-refractivity contribution in [1.29, 1.82) is 0 Å². The quantitative estimate of drug-likeness (QED) is 0.475. The van der Waals surface area contributed by atoms with Gasteiger partial charge >= 0.3 is 0 Å². The Hall–Kier alpha value is -1.37. The van der Waals surface area contributed by atoms with Crippen LogP contribution >= 0.6 is 24.0 Å². The molecular weight excluding hydrogens is 375 g/mol. The number of hydrogen-bond donors (Lipinski definition) is 2. The van der Waals surface area contributed by atoms with E-state index in [4.69, 9.17) is 5.73 Å². The second kappa shape index (κ2) is 7.59. The number of benzene rings is 1. The molecular formula is C16H21IN4. The number of guanidine groups is 1. The molecule has 1 aliphatic carbocycles. The molecule has 0 spiro atoms. The summed E-state index contributed by atoms with van der Waals surface area (Å²) in [6, 6.07) is 10.2. The fourth-order valence-electron chi connectivity index (χ4n) is 2.47. The number of pyridine rings is 1. The van der Waals surface area contributed by atoms with Crippen molar-refractivity contribution in [2.24, 2.45) is 16.6 Å². The van der Waals surface area contributed by atoms with E-state index in [0.29, 0.717) is 12.5 Å². The predicted octanol–water partition coefficient (Wildman–Crippen LogP) is 3.06. The molecule has 0 amide bonds. The van der Waals surface area contributed by atoms with Crippen molar-refractivity contribution < 1.29 is 0 Å². The largest absolute Gasteiger partial charge is 0.370 e. The summed E-state index contributed by atoms with van der Waals surface area (Å²) >= 11 is 0. The van der Waals surface area contributed by atoms with E-state index in [1.807, 2.05) is 18.3 Å². The SMILES string of the molecule is I.NC(=NCc1cccc2cccnc12)NCC1CCC1. The molecule has 0 aliphatic heterocycles. The predicted molar refractivity (Wildman–Crippen MR) is 97.8 cm³/mol. The summed E-state index contributed by atoms with van der Waals surface area (Å²) in [5, 5.41) is 4.35. The molecule has 4 nitrogen and oxygen atoms in total. The van der Waals surface area contributed by atoms with Gasteiger partial charge in [-0.05, 0) is 30.4 Å². The van der Waals surface area contributed by atoms with E-state index >= 15 is 0 Å². The van der Waals surface area contributed by atoms with Gasteiger partial charge < -0.3 is 11.1 Å². The molecule has 1 aromatic carbocycles. The van der Waals surface area contributed by atoms with Crippen molar-refractivity contribution in [3.05, 3.63) is 42.1 Å². The molecule has 0 unspecified atom stereocenters. The van der Waals surface area contributed by atoms with Crippen LogP contribution < -0.4 is 11.1 Å². The summed E-state index contributed by atoms with van der Waals surface area (Å²) in [4.78, 5) is 8.84. The van der Waals surface area contributed by atoms with Crippen molar-refractivity contribution in [2.75, 3.05) is 6.54 Å². The number of nitrogens with zero attached hydrogens (tertiary/aromatic N) is 2. The van der Waals surface area contributed by atoms with Crippen molar-refractivity contribution in [2.45, 2.75) is 25.8 Å². The van der Waals surface area contributed by atoms with Gasteiger partial charge in [-0.1, -0.05) is 30.7 Å². The van der Waals surface area contributed by atoms with Gasteiger partial charge in [-0.2, -0.15) is 0 Å². The maximum Gasteiger partial charge on any atom is 0.188 e. The van der Waals surface area contributed by atoms with Crippen LogP contribution in [0.3, 0.4) is 0 Å². The molecule has 1 heterocycles. The monoisotopic (exact) mass is 396 g/mol. The van der Waals surface area contributed by atoms with Gasteiger partial charge in [-0.25, -0.2) is 4.99 Å². The minimum atomic E-state index is 0. The first-order chi connectivity index (χ1) is 9.83.